The van der Waals surface area contributed by atoms with Crippen LogP contribution in [0.5, 0.6) is 0 Å². The highest BCUT2D eigenvalue weighted by Gasteiger charge is 2.28. The zero-order valence-electron chi connectivity index (χ0n) is 11.3. The summed E-state index contributed by atoms with van der Waals surface area (Å²) < 4.78 is 0. The summed E-state index contributed by atoms with van der Waals surface area (Å²) >= 11 is 3.50. The van der Waals surface area contributed by atoms with E-state index in [1.54, 1.807) is 0 Å². The lowest BCUT2D eigenvalue weighted by Crippen LogP contribution is -2.21. The standard InChI is InChI=1S/C17H16BrNO/c1-11-6-8-12(9-7-11)14-10-15(18)17(20)19-16-5-3-2-4-13(14)16/h2-9,14-15H,10H2,1H3,(H,19,20). The maximum atomic E-state index is 12.0. The number of aryl methyl sites for hydroxylation is 1. The highest BCUT2D eigenvalue weighted by Crippen LogP contribution is 2.38. The fourth-order valence-corrected chi connectivity index (χ4v) is 3.17. The molecule has 1 N–H and O–H groups in total. The van der Waals surface area contributed by atoms with E-state index in [2.05, 4.69) is 58.5 Å². The number of halogens is 1. The number of hydrogen-bond acceptors (Lipinski definition) is 1. The molecule has 0 saturated heterocycles. The molecule has 1 heterocycles. The predicted molar refractivity (Wildman–Crippen MR) is 85.4 cm³/mol. The van der Waals surface area contributed by atoms with Crippen LogP contribution >= 0.6 is 15.9 Å². The zero-order valence-corrected chi connectivity index (χ0v) is 12.9. The number of fused-ring (bicyclic) bond motifs is 1. The molecule has 3 heteroatoms. The summed E-state index contributed by atoms with van der Waals surface area (Å²) in [5.41, 5.74) is 4.61. The third-order valence-corrected chi connectivity index (χ3v) is 4.59. The SMILES string of the molecule is Cc1ccc(C2CC(Br)C(=O)Nc3ccccc32)cc1. The van der Waals surface area contributed by atoms with Gasteiger partial charge >= 0.3 is 0 Å². The molecule has 102 valence electrons. The molecule has 1 aliphatic rings. The molecule has 1 amide bonds. The van der Waals surface area contributed by atoms with Gasteiger partial charge in [0.2, 0.25) is 5.91 Å². The summed E-state index contributed by atoms with van der Waals surface area (Å²) in [6, 6.07) is 16.6. The van der Waals surface area contributed by atoms with Gasteiger partial charge in [-0.3, -0.25) is 4.79 Å². The van der Waals surface area contributed by atoms with Crippen LogP contribution in [-0.4, -0.2) is 10.7 Å². The Morgan fingerprint density at radius 1 is 1.10 bits per heavy atom. The van der Waals surface area contributed by atoms with Gasteiger partial charge in [0.05, 0.1) is 4.83 Å². The van der Waals surface area contributed by atoms with Crippen LogP contribution in [0.15, 0.2) is 48.5 Å². The number of anilines is 1. The van der Waals surface area contributed by atoms with E-state index in [1.165, 1.54) is 16.7 Å². The van der Waals surface area contributed by atoms with Gasteiger partial charge in [-0.2, -0.15) is 0 Å². The number of amides is 1. The second kappa shape index (κ2) is 5.41. The Hall–Kier alpha value is -1.61. The van der Waals surface area contributed by atoms with Crippen molar-refractivity contribution >= 4 is 27.5 Å². The molecule has 3 rings (SSSR count). The highest BCUT2D eigenvalue weighted by atomic mass is 79.9. The van der Waals surface area contributed by atoms with Gasteiger partial charge < -0.3 is 5.32 Å². The Bertz CT molecular complexity index is 636. The lowest BCUT2D eigenvalue weighted by atomic mass is 9.87. The van der Waals surface area contributed by atoms with Gasteiger partial charge in [-0.15, -0.1) is 0 Å². The van der Waals surface area contributed by atoms with E-state index in [-0.39, 0.29) is 16.7 Å². The van der Waals surface area contributed by atoms with Crippen molar-refractivity contribution in [3.8, 4) is 0 Å². The van der Waals surface area contributed by atoms with Gasteiger partial charge in [0.25, 0.3) is 0 Å². The van der Waals surface area contributed by atoms with E-state index in [0.29, 0.717) is 0 Å². The molecule has 2 unspecified atom stereocenters. The normalized spacial score (nSPS) is 21.8. The van der Waals surface area contributed by atoms with Crippen LogP contribution in [0.4, 0.5) is 5.69 Å². The van der Waals surface area contributed by atoms with Gasteiger partial charge in [-0.05, 0) is 30.5 Å². The highest BCUT2D eigenvalue weighted by molar-refractivity contribution is 9.10. The van der Waals surface area contributed by atoms with Crippen LogP contribution in [0.1, 0.15) is 29.0 Å². The minimum absolute atomic E-state index is 0.0343. The molecule has 0 fully saturated rings. The molecule has 2 aromatic carbocycles. The van der Waals surface area contributed by atoms with E-state index in [0.717, 1.165) is 12.1 Å². The molecule has 1 aliphatic heterocycles. The van der Waals surface area contributed by atoms with Crippen molar-refractivity contribution in [3.63, 3.8) is 0 Å². The topological polar surface area (TPSA) is 29.1 Å². The smallest absolute Gasteiger partial charge is 0.238 e. The molecule has 2 atom stereocenters. The van der Waals surface area contributed by atoms with Gasteiger partial charge in [0, 0.05) is 11.6 Å². The number of alkyl halides is 1. The first-order chi connectivity index (χ1) is 9.65. The Morgan fingerprint density at radius 3 is 2.55 bits per heavy atom. The van der Waals surface area contributed by atoms with Crippen LogP contribution in [0.3, 0.4) is 0 Å². The van der Waals surface area contributed by atoms with Crippen LogP contribution in [0, 0.1) is 6.92 Å². The maximum Gasteiger partial charge on any atom is 0.238 e. The van der Waals surface area contributed by atoms with Crippen molar-refractivity contribution in [2.45, 2.75) is 24.1 Å². The number of rotatable bonds is 1. The fourth-order valence-electron chi connectivity index (χ4n) is 2.68. The lowest BCUT2D eigenvalue weighted by molar-refractivity contribution is -0.115. The van der Waals surface area contributed by atoms with Crippen LogP contribution in [-0.2, 0) is 4.79 Å². The predicted octanol–water partition coefficient (Wildman–Crippen LogP) is 4.23. The third kappa shape index (κ3) is 2.50. The molecule has 20 heavy (non-hydrogen) atoms. The molecule has 0 radical (unpaired) electrons. The number of benzene rings is 2. The fraction of sp³-hybridized carbons (Fsp3) is 0.235. The van der Waals surface area contributed by atoms with Crippen molar-refractivity contribution in [1.82, 2.24) is 0 Å². The number of para-hydroxylation sites is 1. The zero-order chi connectivity index (χ0) is 14.1. The van der Waals surface area contributed by atoms with E-state index >= 15 is 0 Å². The summed E-state index contributed by atoms with van der Waals surface area (Å²) in [5, 5.41) is 3.00. The van der Waals surface area contributed by atoms with E-state index in [9.17, 15) is 4.79 Å². The molecular formula is C17H16BrNO. The second-order valence-corrected chi connectivity index (χ2v) is 6.35. The van der Waals surface area contributed by atoms with Crippen molar-refractivity contribution in [2.24, 2.45) is 0 Å². The molecule has 0 aromatic heterocycles. The van der Waals surface area contributed by atoms with Crippen LogP contribution in [0.2, 0.25) is 0 Å². The Balaban J connectivity index is 2.09. The average Bonchev–Trinajstić information content (AvgIpc) is 2.58. The van der Waals surface area contributed by atoms with Crippen molar-refractivity contribution in [2.75, 3.05) is 5.32 Å². The quantitative estimate of drug-likeness (QED) is 0.779. The summed E-state index contributed by atoms with van der Waals surface area (Å²) in [5.74, 6) is 0.266. The van der Waals surface area contributed by atoms with Gasteiger partial charge in [0.1, 0.15) is 0 Å². The summed E-state index contributed by atoms with van der Waals surface area (Å²) in [7, 11) is 0. The second-order valence-electron chi connectivity index (χ2n) is 5.24. The minimum Gasteiger partial charge on any atom is -0.325 e. The third-order valence-electron chi connectivity index (χ3n) is 3.80. The molecule has 2 aromatic rings. The Morgan fingerprint density at radius 2 is 1.80 bits per heavy atom. The average molecular weight is 330 g/mol. The molecular weight excluding hydrogens is 314 g/mol. The molecule has 2 nitrogen and oxygen atoms in total. The first kappa shape index (κ1) is 13.4. The largest absolute Gasteiger partial charge is 0.325 e. The van der Waals surface area contributed by atoms with Crippen molar-refractivity contribution in [1.29, 1.82) is 0 Å². The number of carbonyl (C=O) groups excluding carboxylic acids is 1. The Labute approximate surface area is 127 Å². The first-order valence-electron chi connectivity index (χ1n) is 6.75. The van der Waals surface area contributed by atoms with Crippen LogP contribution < -0.4 is 5.32 Å². The number of nitrogens with one attached hydrogen (secondary N) is 1. The van der Waals surface area contributed by atoms with Crippen LogP contribution in [0.25, 0.3) is 0 Å². The number of carbonyl (C=O) groups is 1. The monoisotopic (exact) mass is 329 g/mol. The minimum atomic E-state index is -0.166. The molecule has 0 aliphatic carbocycles. The van der Waals surface area contributed by atoms with Gasteiger partial charge in [-0.25, -0.2) is 0 Å². The van der Waals surface area contributed by atoms with Crippen molar-refractivity contribution in [3.05, 3.63) is 65.2 Å². The molecule has 0 bridgehead atoms. The summed E-state index contributed by atoms with van der Waals surface area (Å²) in [4.78, 5) is 11.9. The summed E-state index contributed by atoms with van der Waals surface area (Å²) in [6.45, 7) is 2.09. The first-order valence-corrected chi connectivity index (χ1v) is 7.67. The Kier molecular flexibility index (Phi) is 3.62. The number of hydrogen-bond donors (Lipinski definition) is 1. The van der Waals surface area contributed by atoms with Gasteiger partial charge in [0.15, 0.2) is 0 Å². The molecule has 0 spiro atoms. The van der Waals surface area contributed by atoms with Gasteiger partial charge in [-0.1, -0.05) is 64.0 Å². The van der Waals surface area contributed by atoms with E-state index in [1.807, 2.05) is 18.2 Å². The van der Waals surface area contributed by atoms with Crippen molar-refractivity contribution < 1.29 is 4.79 Å². The maximum absolute atomic E-state index is 12.0. The summed E-state index contributed by atoms with van der Waals surface area (Å²) in [6.07, 6.45) is 0.770. The van der Waals surface area contributed by atoms with E-state index in [4.69, 9.17) is 0 Å². The van der Waals surface area contributed by atoms with E-state index < -0.39 is 0 Å². The lowest BCUT2D eigenvalue weighted by Gasteiger charge is -2.18. The molecule has 0 saturated carbocycles.